The SMILES string of the molecule is CCCCCC[C@H](C)[O]. The van der Waals surface area contributed by atoms with Crippen LogP contribution in [0.15, 0.2) is 0 Å². The molecular formula is C8H17O. The van der Waals surface area contributed by atoms with E-state index in [-0.39, 0.29) is 6.10 Å². The molecule has 0 aromatic rings. The van der Waals surface area contributed by atoms with E-state index in [2.05, 4.69) is 6.92 Å². The molecule has 1 nitrogen and oxygen atoms in total. The van der Waals surface area contributed by atoms with Crippen LogP contribution in [0.2, 0.25) is 0 Å². The fraction of sp³-hybridized carbons (Fsp3) is 1.00. The van der Waals surface area contributed by atoms with E-state index in [0.29, 0.717) is 0 Å². The van der Waals surface area contributed by atoms with Gasteiger partial charge in [-0.1, -0.05) is 32.6 Å². The lowest BCUT2D eigenvalue weighted by Gasteiger charge is -1.99. The van der Waals surface area contributed by atoms with Crippen LogP contribution in [0.25, 0.3) is 0 Å². The van der Waals surface area contributed by atoms with E-state index in [9.17, 15) is 5.11 Å². The smallest absolute Gasteiger partial charge is 0.0902 e. The Kier molecular flexibility index (Phi) is 6.06. The lowest BCUT2D eigenvalue weighted by molar-refractivity contribution is 0.0950. The van der Waals surface area contributed by atoms with Gasteiger partial charge < -0.3 is 0 Å². The Bertz CT molecular complexity index is 50.5. The van der Waals surface area contributed by atoms with Crippen LogP contribution >= 0.6 is 0 Å². The van der Waals surface area contributed by atoms with Crippen LogP contribution in [0.4, 0.5) is 0 Å². The molecule has 0 spiro atoms. The Morgan fingerprint density at radius 1 is 1.22 bits per heavy atom. The average molecular weight is 129 g/mol. The molecule has 1 atom stereocenters. The van der Waals surface area contributed by atoms with Gasteiger partial charge in [0, 0.05) is 0 Å². The van der Waals surface area contributed by atoms with Gasteiger partial charge in [-0.25, -0.2) is 5.11 Å². The minimum atomic E-state index is -0.346. The van der Waals surface area contributed by atoms with Crippen LogP contribution in [0.3, 0.4) is 0 Å². The molecule has 0 aliphatic carbocycles. The predicted molar refractivity (Wildman–Crippen MR) is 38.9 cm³/mol. The number of hydrogen-bond acceptors (Lipinski definition) is 0. The second kappa shape index (κ2) is 6.09. The number of rotatable bonds is 5. The summed E-state index contributed by atoms with van der Waals surface area (Å²) in [5, 5.41) is 10.5. The van der Waals surface area contributed by atoms with Crippen LogP contribution < -0.4 is 0 Å². The minimum absolute atomic E-state index is 0.346. The van der Waals surface area contributed by atoms with Gasteiger partial charge in [0.2, 0.25) is 0 Å². The maximum atomic E-state index is 10.5. The molecule has 0 bridgehead atoms. The third kappa shape index (κ3) is 7.96. The monoisotopic (exact) mass is 129 g/mol. The summed E-state index contributed by atoms with van der Waals surface area (Å²) in [6.45, 7) is 3.92. The fourth-order valence-electron chi connectivity index (χ4n) is 0.859. The molecule has 0 heterocycles. The molecule has 0 fully saturated rings. The van der Waals surface area contributed by atoms with E-state index in [1.165, 1.54) is 19.3 Å². The van der Waals surface area contributed by atoms with Crippen molar-refractivity contribution in [3.05, 3.63) is 0 Å². The van der Waals surface area contributed by atoms with Gasteiger partial charge in [0.25, 0.3) is 0 Å². The number of unbranched alkanes of at least 4 members (excludes halogenated alkanes) is 3. The highest BCUT2D eigenvalue weighted by atomic mass is 16.3. The lowest BCUT2D eigenvalue weighted by Crippen LogP contribution is -1.95. The van der Waals surface area contributed by atoms with Crippen molar-refractivity contribution in [1.82, 2.24) is 0 Å². The van der Waals surface area contributed by atoms with Gasteiger partial charge in [0.05, 0.1) is 6.10 Å². The molecule has 0 aromatic carbocycles. The Morgan fingerprint density at radius 2 is 1.89 bits per heavy atom. The maximum absolute atomic E-state index is 10.5. The lowest BCUT2D eigenvalue weighted by atomic mass is 10.1. The molecule has 0 saturated heterocycles. The Labute approximate surface area is 58.1 Å². The summed E-state index contributed by atoms with van der Waals surface area (Å²) in [6, 6.07) is 0. The van der Waals surface area contributed by atoms with E-state index in [4.69, 9.17) is 0 Å². The van der Waals surface area contributed by atoms with Gasteiger partial charge in [-0.05, 0) is 13.3 Å². The Morgan fingerprint density at radius 3 is 2.33 bits per heavy atom. The third-order valence-electron chi connectivity index (χ3n) is 1.46. The van der Waals surface area contributed by atoms with Crippen molar-refractivity contribution in [2.24, 2.45) is 0 Å². The zero-order chi connectivity index (χ0) is 7.11. The molecule has 1 heteroatoms. The summed E-state index contributed by atoms with van der Waals surface area (Å²) in [5.74, 6) is 0. The van der Waals surface area contributed by atoms with Gasteiger partial charge >= 0.3 is 0 Å². The van der Waals surface area contributed by atoms with Crippen LogP contribution in [0.1, 0.15) is 46.0 Å². The van der Waals surface area contributed by atoms with Crippen LogP contribution in [-0.4, -0.2) is 6.10 Å². The third-order valence-corrected chi connectivity index (χ3v) is 1.46. The van der Waals surface area contributed by atoms with Gasteiger partial charge in [-0.3, -0.25) is 0 Å². The van der Waals surface area contributed by atoms with Crippen LogP contribution in [-0.2, 0) is 5.11 Å². The van der Waals surface area contributed by atoms with E-state index >= 15 is 0 Å². The quantitative estimate of drug-likeness (QED) is 0.509. The summed E-state index contributed by atoms with van der Waals surface area (Å²) < 4.78 is 0. The van der Waals surface area contributed by atoms with Crippen molar-refractivity contribution < 1.29 is 5.11 Å². The first-order valence-electron chi connectivity index (χ1n) is 3.93. The zero-order valence-corrected chi connectivity index (χ0v) is 6.52. The molecule has 9 heavy (non-hydrogen) atoms. The average Bonchev–Trinajstić information content (AvgIpc) is 1.80. The van der Waals surface area contributed by atoms with Gasteiger partial charge in [-0.15, -0.1) is 0 Å². The highest BCUT2D eigenvalue weighted by Crippen LogP contribution is 2.04. The standard InChI is InChI=1S/C8H17O/c1-3-4-5-6-7-8(2)9/h8H,3-7H2,1-2H3/t8-/m0/s1. The van der Waals surface area contributed by atoms with E-state index < -0.39 is 0 Å². The van der Waals surface area contributed by atoms with Gasteiger partial charge in [0.15, 0.2) is 0 Å². The summed E-state index contributed by atoms with van der Waals surface area (Å²) in [7, 11) is 0. The Hall–Kier alpha value is -0.0400. The second-order valence-electron chi connectivity index (χ2n) is 2.66. The van der Waals surface area contributed by atoms with E-state index in [0.717, 1.165) is 12.8 Å². The number of hydrogen-bond donors (Lipinski definition) is 0. The van der Waals surface area contributed by atoms with Crippen LogP contribution in [0.5, 0.6) is 0 Å². The first kappa shape index (κ1) is 8.96. The van der Waals surface area contributed by atoms with Crippen molar-refractivity contribution in [2.75, 3.05) is 0 Å². The van der Waals surface area contributed by atoms with Crippen molar-refractivity contribution >= 4 is 0 Å². The van der Waals surface area contributed by atoms with Gasteiger partial charge in [-0.2, -0.15) is 0 Å². The van der Waals surface area contributed by atoms with Gasteiger partial charge in [0.1, 0.15) is 0 Å². The van der Waals surface area contributed by atoms with Crippen molar-refractivity contribution in [1.29, 1.82) is 0 Å². The molecule has 55 valence electrons. The summed E-state index contributed by atoms with van der Waals surface area (Å²) >= 11 is 0. The molecule has 0 amide bonds. The molecule has 0 aromatic heterocycles. The van der Waals surface area contributed by atoms with E-state index in [1.54, 1.807) is 6.92 Å². The second-order valence-corrected chi connectivity index (χ2v) is 2.66. The Balaban J connectivity index is 2.75. The van der Waals surface area contributed by atoms with Crippen molar-refractivity contribution in [3.8, 4) is 0 Å². The van der Waals surface area contributed by atoms with E-state index in [1.807, 2.05) is 0 Å². The molecule has 0 aliphatic heterocycles. The highest BCUT2D eigenvalue weighted by Gasteiger charge is 1.95. The molecule has 0 aliphatic rings. The molecule has 1 radical (unpaired) electrons. The predicted octanol–water partition coefficient (Wildman–Crippen LogP) is 2.78. The normalized spacial score (nSPS) is 13.7. The molecule has 0 N–H and O–H groups in total. The maximum Gasteiger partial charge on any atom is 0.0902 e. The highest BCUT2D eigenvalue weighted by molar-refractivity contribution is 4.46. The first-order chi connectivity index (χ1) is 4.27. The molecule has 0 rings (SSSR count). The summed E-state index contributed by atoms with van der Waals surface area (Å²) in [4.78, 5) is 0. The zero-order valence-electron chi connectivity index (χ0n) is 6.52. The summed E-state index contributed by atoms with van der Waals surface area (Å²) in [5.41, 5.74) is 0. The molecular weight excluding hydrogens is 112 g/mol. The van der Waals surface area contributed by atoms with Crippen molar-refractivity contribution in [2.45, 2.75) is 52.1 Å². The minimum Gasteiger partial charge on any atom is -0.233 e. The van der Waals surface area contributed by atoms with Crippen molar-refractivity contribution in [3.63, 3.8) is 0 Å². The first-order valence-corrected chi connectivity index (χ1v) is 3.93. The topological polar surface area (TPSA) is 19.9 Å². The largest absolute Gasteiger partial charge is 0.233 e. The molecule has 0 unspecified atom stereocenters. The van der Waals surface area contributed by atoms with Crippen LogP contribution in [0, 0.1) is 0 Å². The molecule has 0 saturated carbocycles. The summed E-state index contributed by atoms with van der Waals surface area (Å²) in [6.07, 6.45) is 5.42. The fourth-order valence-corrected chi connectivity index (χ4v) is 0.859.